The van der Waals surface area contributed by atoms with Crippen LogP contribution in [0.3, 0.4) is 0 Å². The van der Waals surface area contributed by atoms with Gasteiger partial charge in [0.05, 0.1) is 6.61 Å². The maximum Gasteiger partial charge on any atom is 0.306 e. The summed E-state index contributed by atoms with van der Waals surface area (Å²) in [6, 6.07) is 0. The molecular formula is C59H108O5. The minimum absolute atomic E-state index is 0.0790. The van der Waals surface area contributed by atoms with Crippen LogP contribution in [0.15, 0.2) is 48.6 Å². The first-order chi connectivity index (χ1) is 31.6. The van der Waals surface area contributed by atoms with Crippen molar-refractivity contribution in [2.24, 2.45) is 0 Å². The zero-order valence-corrected chi connectivity index (χ0v) is 43.1. The molecule has 1 unspecified atom stereocenters. The molecule has 1 atom stereocenters. The van der Waals surface area contributed by atoms with Crippen LogP contribution in [0.4, 0.5) is 0 Å². The fourth-order valence-electron chi connectivity index (χ4n) is 8.10. The summed E-state index contributed by atoms with van der Waals surface area (Å²) in [5.74, 6) is -0.402. The maximum atomic E-state index is 12.8. The van der Waals surface area contributed by atoms with E-state index in [2.05, 4.69) is 69.4 Å². The van der Waals surface area contributed by atoms with Gasteiger partial charge in [0.2, 0.25) is 0 Å². The summed E-state index contributed by atoms with van der Waals surface area (Å²) in [5, 5.41) is 0. The number of ether oxygens (including phenoxy) is 3. The van der Waals surface area contributed by atoms with Gasteiger partial charge in [-0.15, -0.1) is 0 Å². The quantitative estimate of drug-likeness (QED) is 0.0346. The lowest BCUT2D eigenvalue weighted by atomic mass is 10.0. The highest BCUT2D eigenvalue weighted by atomic mass is 16.6. The van der Waals surface area contributed by atoms with Gasteiger partial charge < -0.3 is 14.2 Å². The molecule has 0 aliphatic heterocycles. The Bertz CT molecular complexity index is 1060. The largest absolute Gasteiger partial charge is 0.462 e. The van der Waals surface area contributed by atoms with Crippen molar-refractivity contribution < 1.29 is 23.8 Å². The van der Waals surface area contributed by atoms with Crippen molar-refractivity contribution in [1.82, 2.24) is 0 Å². The van der Waals surface area contributed by atoms with E-state index in [0.717, 1.165) is 64.2 Å². The number of allylic oxidation sites excluding steroid dienone is 8. The molecule has 0 fully saturated rings. The van der Waals surface area contributed by atoms with Crippen LogP contribution >= 0.6 is 0 Å². The van der Waals surface area contributed by atoms with E-state index in [4.69, 9.17) is 14.2 Å². The van der Waals surface area contributed by atoms with Crippen LogP contribution in [-0.4, -0.2) is 37.9 Å². The highest BCUT2D eigenvalue weighted by molar-refractivity contribution is 5.70. The van der Waals surface area contributed by atoms with E-state index in [1.165, 1.54) is 193 Å². The molecule has 0 rings (SSSR count). The summed E-state index contributed by atoms with van der Waals surface area (Å²) in [4.78, 5) is 25.5. The highest BCUT2D eigenvalue weighted by Crippen LogP contribution is 2.16. The van der Waals surface area contributed by atoms with E-state index < -0.39 is 6.10 Å². The van der Waals surface area contributed by atoms with Crippen LogP contribution in [0.5, 0.6) is 0 Å². The Morgan fingerprint density at radius 3 is 1.06 bits per heavy atom. The van der Waals surface area contributed by atoms with Crippen molar-refractivity contribution in [3.05, 3.63) is 48.6 Å². The topological polar surface area (TPSA) is 61.8 Å². The van der Waals surface area contributed by atoms with Crippen molar-refractivity contribution in [3.8, 4) is 0 Å². The standard InChI is InChI=1S/C59H108O5/c1-4-7-10-13-16-19-22-25-28-29-30-33-36-39-42-45-48-51-54-62-55-57(64-59(61)53-50-47-44-41-38-35-32-27-24-21-18-15-12-9-6-3)56-63-58(60)52-49-46-43-40-37-34-31-26-23-20-17-14-11-8-5-2/h16-17,19-20,25-26,28,31,57H,4-15,18,21-24,27,29-30,32-56H2,1-3H3/b19-16-,20-17-,28-25-,31-26-. The summed E-state index contributed by atoms with van der Waals surface area (Å²) in [5.41, 5.74) is 0. The van der Waals surface area contributed by atoms with Crippen molar-refractivity contribution >= 4 is 11.9 Å². The third-order valence-electron chi connectivity index (χ3n) is 12.3. The first kappa shape index (κ1) is 61.9. The maximum absolute atomic E-state index is 12.8. The number of carbonyl (C=O) groups excluding carboxylic acids is 2. The Kier molecular flexibility index (Phi) is 53.3. The SMILES string of the molecule is CCCCC/C=C\C/C=C\CCCCCCCCCCOCC(COC(=O)CCCCCCC/C=C\C/C=C\CCCCC)OC(=O)CCCCCCCCCCCCCCCCC. The van der Waals surface area contributed by atoms with E-state index in [0.29, 0.717) is 19.4 Å². The Hall–Kier alpha value is -2.14. The smallest absolute Gasteiger partial charge is 0.306 e. The predicted molar refractivity (Wildman–Crippen MR) is 279 cm³/mol. The summed E-state index contributed by atoms with van der Waals surface area (Å²) < 4.78 is 17.5. The molecule has 374 valence electrons. The van der Waals surface area contributed by atoms with Gasteiger partial charge in [-0.1, -0.05) is 243 Å². The normalized spacial score (nSPS) is 12.5. The summed E-state index contributed by atoms with van der Waals surface area (Å²) >= 11 is 0. The van der Waals surface area contributed by atoms with Gasteiger partial charge in [0.15, 0.2) is 6.10 Å². The van der Waals surface area contributed by atoms with Crippen LogP contribution in [0, 0.1) is 0 Å². The number of unbranched alkanes of at least 4 members (excludes halogenated alkanes) is 33. The van der Waals surface area contributed by atoms with Gasteiger partial charge in [0.25, 0.3) is 0 Å². The van der Waals surface area contributed by atoms with Crippen molar-refractivity contribution in [1.29, 1.82) is 0 Å². The van der Waals surface area contributed by atoms with Gasteiger partial charge in [-0.2, -0.15) is 0 Å². The monoisotopic (exact) mass is 897 g/mol. The second kappa shape index (κ2) is 55.2. The first-order valence-corrected chi connectivity index (χ1v) is 28.2. The molecule has 0 bridgehead atoms. The molecule has 0 aliphatic rings. The van der Waals surface area contributed by atoms with Crippen molar-refractivity contribution in [2.75, 3.05) is 19.8 Å². The summed E-state index contributed by atoms with van der Waals surface area (Å²) in [6.07, 6.45) is 68.3. The zero-order valence-electron chi connectivity index (χ0n) is 43.1. The number of hydrogen-bond acceptors (Lipinski definition) is 5. The van der Waals surface area contributed by atoms with E-state index in [9.17, 15) is 9.59 Å². The molecule has 0 aromatic carbocycles. The molecule has 0 spiro atoms. The van der Waals surface area contributed by atoms with Crippen LogP contribution in [-0.2, 0) is 23.8 Å². The van der Waals surface area contributed by atoms with Crippen LogP contribution in [0.1, 0.15) is 290 Å². The lowest BCUT2D eigenvalue weighted by Gasteiger charge is -2.18. The second-order valence-corrected chi connectivity index (χ2v) is 18.8. The van der Waals surface area contributed by atoms with E-state index in [-0.39, 0.29) is 25.2 Å². The molecule has 0 saturated carbocycles. The van der Waals surface area contributed by atoms with Crippen molar-refractivity contribution in [3.63, 3.8) is 0 Å². The Labute approximate surface area is 399 Å². The molecule has 0 aromatic heterocycles. The highest BCUT2D eigenvalue weighted by Gasteiger charge is 2.17. The molecule has 0 radical (unpaired) electrons. The third-order valence-corrected chi connectivity index (χ3v) is 12.3. The van der Waals surface area contributed by atoms with Crippen LogP contribution in [0.25, 0.3) is 0 Å². The molecule has 64 heavy (non-hydrogen) atoms. The minimum atomic E-state index is -0.542. The van der Waals surface area contributed by atoms with E-state index >= 15 is 0 Å². The average Bonchev–Trinajstić information content (AvgIpc) is 3.30. The number of carbonyl (C=O) groups is 2. The molecule has 0 aliphatic carbocycles. The third kappa shape index (κ3) is 52.5. The van der Waals surface area contributed by atoms with Gasteiger partial charge in [0, 0.05) is 19.4 Å². The Morgan fingerprint density at radius 2 is 0.656 bits per heavy atom. The molecule has 0 N–H and O–H groups in total. The molecule has 5 nitrogen and oxygen atoms in total. The minimum Gasteiger partial charge on any atom is -0.462 e. The van der Waals surface area contributed by atoms with Gasteiger partial charge >= 0.3 is 11.9 Å². The van der Waals surface area contributed by atoms with Gasteiger partial charge in [-0.25, -0.2) is 0 Å². The molecular weight excluding hydrogens is 789 g/mol. The van der Waals surface area contributed by atoms with Gasteiger partial charge in [-0.3, -0.25) is 9.59 Å². The predicted octanol–water partition coefficient (Wildman–Crippen LogP) is 19.1. The lowest BCUT2D eigenvalue weighted by molar-refractivity contribution is -0.163. The Balaban J connectivity index is 4.27. The second-order valence-electron chi connectivity index (χ2n) is 18.8. The Morgan fingerprint density at radius 1 is 0.344 bits per heavy atom. The van der Waals surface area contributed by atoms with Crippen LogP contribution < -0.4 is 0 Å². The number of esters is 2. The van der Waals surface area contributed by atoms with Gasteiger partial charge in [-0.05, 0) is 83.5 Å². The van der Waals surface area contributed by atoms with Crippen molar-refractivity contribution in [2.45, 2.75) is 297 Å². The molecule has 5 heteroatoms. The number of rotatable bonds is 52. The number of hydrogen-bond donors (Lipinski definition) is 0. The fraction of sp³-hybridized carbons (Fsp3) is 0.831. The fourth-order valence-corrected chi connectivity index (χ4v) is 8.10. The first-order valence-electron chi connectivity index (χ1n) is 28.2. The van der Waals surface area contributed by atoms with E-state index in [1.807, 2.05) is 0 Å². The molecule has 0 amide bonds. The summed E-state index contributed by atoms with van der Waals surface area (Å²) in [7, 11) is 0. The lowest BCUT2D eigenvalue weighted by Crippen LogP contribution is -2.30. The molecule has 0 heterocycles. The molecule has 0 aromatic rings. The summed E-state index contributed by atoms with van der Waals surface area (Å²) in [6.45, 7) is 7.80. The van der Waals surface area contributed by atoms with Gasteiger partial charge in [0.1, 0.15) is 6.61 Å². The van der Waals surface area contributed by atoms with Crippen LogP contribution in [0.2, 0.25) is 0 Å². The zero-order chi connectivity index (χ0) is 46.3. The average molecular weight is 898 g/mol. The van der Waals surface area contributed by atoms with E-state index in [1.54, 1.807) is 0 Å². The molecule has 0 saturated heterocycles.